The monoisotopic (exact) mass is 630 g/mol. The molecule has 2 unspecified atom stereocenters. The van der Waals surface area contributed by atoms with E-state index >= 15 is 0 Å². The van der Waals surface area contributed by atoms with Gasteiger partial charge in [-0.15, -0.1) is 0 Å². The second-order valence-corrected chi connectivity index (χ2v) is 13.8. The molecule has 9 heteroatoms. The van der Waals surface area contributed by atoms with Crippen molar-refractivity contribution in [2.45, 2.75) is 80.3 Å². The van der Waals surface area contributed by atoms with E-state index in [1.807, 2.05) is 45.9 Å². The van der Waals surface area contributed by atoms with E-state index in [1.54, 1.807) is 13.2 Å². The number of likely N-dealkylation sites (tertiary alicyclic amines) is 1. The maximum Gasteiger partial charge on any atom is 0.240 e. The van der Waals surface area contributed by atoms with Gasteiger partial charge in [0.15, 0.2) is 0 Å². The van der Waals surface area contributed by atoms with Crippen LogP contribution in [-0.4, -0.2) is 52.2 Å². The third kappa shape index (κ3) is 8.84. The van der Waals surface area contributed by atoms with Crippen LogP contribution in [0, 0.1) is 23.1 Å². The summed E-state index contributed by atoms with van der Waals surface area (Å²) < 4.78 is 51.2. The molecule has 2 heterocycles. The van der Waals surface area contributed by atoms with Gasteiger partial charge in [-0.05, 0) is 79.3 Å². The van der Waals surface area contributed by atoms with Crippen LogP contribution in [0.4, 0.5) is 4.39 Å². The van der Waals surface area contributed by atoms with Gasteiger partial charge in [0.25, 0.3) is 0 Å². The SMILES string of the molecule is CC.CC1CC1C.CCC(CC)(CN1CCC(=C2c3ccc(OC)cc3COc3cc(F)ccc32)CC1)C(=O)NS(C)(=O)=O. The molecule has 0 radical (unpaired) electrons. The number of fused-ring (bicyclic) bond motifs is 2. The number of amides is 1. The van der Waals surface area contributed by atoms with Crippen molar-refractivity contribution < 1.29 is 27.1 Å². The van der Waals surface area contributed by atoms with Gasteiger partial charge in [0, 0.05) is 36.8 Å². The average Bonchev–Trinajstić information content (AvgIpc) is 3.71. The van der Waals surface area contributed by atoms with Crippen LogP contribution in [-0.2, 0) is 21.4 Å². The topological polar surface area (TPSA) is 84.9 Å². The summed E-state index contributed by atoms with van der Waals surface area (Å²) in [6.45, 7) is 14.7. The maximum atomic E-state index is 14.1. The van der Waals surface area contributed by atoms with Crippen molar-refractivity contribution in [3.8, 4) is 11.5 Å². The molecule has 2 aliphatic heterocycles. The number of halogens is 1. The Morgan fingerprint density at radius 2 is 1.64 bits per heavy atom. The van der Waals surface area contributed by atoms with Gasteiger partial charge in [-0.3, -0.25) is 9.52 Å². The highest BCUT2D eigenvalue weighted by Crippen LogP contribution is 2.42. The molecule has 2 fully saturated rings. The number of piperidine rings is 1. The minimum atomic E-state index is -3.63. The Labute approximate surface area is 264 Å². The summed E-state index contributed by atoms with van der Waals surface area (Å²) in [4.78, 5) is 15.2. The first-order valence-electron chi connectivity index (χ1n) is 16.0. The molecule has 1 amide bonds. The predicted octanol–water partition coefficient (Wildman–Crippen LogP) is 7.20. The largest absolute Gasteiger partial charge is 0.497 e. The Balaban J connectivity index is 0.000000675. The van der Waals surface area contributed by atoms with E-state index in [4.69, 9.17) is 9.47 Å². The first kappa shape index (κ1) is 35.6. The Hall–Kier alpha value is -2.91. The fourth-order valence-corrected chi connectivity index (χ4v) is 6.43. The molecule has 1 aliphatic carbocycles. The van der Waals surface area contributed by atoms with Crippen molar-refractivity contribution in [3.05, 3.63) is 64.5 Å². The molecule has 1 N–H and O–H groups in total. The van der Waals surface area contributed by atoms with Crippen LogP contribution in [0.5, 0.6) is 11.5 Å². The van der Waals surface area contributed by atoms with Crippen LogP contribution in [0.15, 0.2) is 42.0 Å². The van der Waals surface area contributed by atoms with E-state index < -0.39 is 21.3 Å². The Kier molecular flexibility index (Phi) is 12.4. The normalized spacial score (nSPS) is 19.5. The number of carbonyl (C=O) groups excluding carboxylic acids is 1. The van der Waals surface area contributed by atoms with Crippen LogP contribution in [0.1, 0.15) is 90.3 Å². The molecule has 3 aliphatic rings. The molecule has 5 rings (SSSR count). The molecule has 7 nitrogen and oxygen atoms in total. The molecule has 1 saturated heterocycles. The lowest BCUT2D eigenvalue weighted by Crippen LogP contribution is -2.50. The summed E-state index contributed by atoms with van der Waals surface area (Å²) in [6, 6.07) is 10.6. The van der Waals surface area contributed by atoms with Gasteiger partial charge >= 0.3 is 0 Å². The summed E-state index contributed by atoms with van der Waals surface area (Å²) in [5.74, 6) is 2.58. The third-order valence-corrected chi connectivity index (χ3v) is 9.70. The van der Waals surface area contributed by atoms with E-state index in [2.05, 4.69) is 23.5 Å². The summed E-state index contributed by atoms with van der Waals surface area (Å²) in [5, 5.41) is 0. The molecule has 44 heavy (non-hydrogen) atoms. The number of ether oxygens (including phenoxy) is 2. The van der Waals surface area contributed by atoms with Gasteiger partial charge in [-0.1, -0.05) is 53.2 Å². The summed E-state index contributed by atoms with van der Waals surface area (Å²) in [7, 11) is -2.01. The Bertz CT molecular complexity index is 1420. The first-order chi connectivity index (χ1) is 20.9. The van der Waals surface area contributed by atoms with Crippen molar-refractivity contribution in [2.24, 2.45) is 17.3 Å². The van der Waals surface area contributed by atoms with Gasteiger partial charge in [0.2, 0.25) is 15.9 Å². The van der Waals surface area contributed by atoms with E-state index in [0.29, 0.717) is 31.7 Å². The quantitative estimate of drug-likeness (QED) is 0.349. The molecular weight excluding hydrogens is 579 g/mol. The standard InChI is InChI=1S/C28H35FN2O5S.C5H10.C2H6/c1-5-28(6-2,27(32)30-37(4,33)34)18-31-13-11-19(12-14-31)26-23-10-8-22(35-3)15-20(23)17-36-25-16-21(29)7-9-24(25)26;1-4-3-5(4)2;1-2/h7-10,15-16H,5-6,11-14,17-18H2,1-4H3,(H,30,32);4-5H,3H2,1-2H3;1-2H3. The van der Waals surface area contributed by atoms with Crippen molar-refractivity contribution >= 4 is 21.5 Å². The van der Waals surface area contributed by atoms with E-state index in [-0.39, 0.29) is 5.82 Å². The Morgan fingerprint density at radius 1 is 1.05 bits per heavy atom. The third-order valence-electron chi connectivity index (χ3n) is 9.14. The van der Waals surface area contributed by atoms with Gasteiger partial charge < -0.3 is 14.4 Å². The summed E-state index contributed by atoms with van der Waals surface area (Å²) >= 11 is 0. The van der Waals surface area contributed by atoms with Crippen LogP contribution in [0.25, 0.3) is 5.57 Å². The minimum absolute atomic E-state index is 0.316. The molecule has 2 aromatic rings. The lowest BCUT2D eigenvalue weighted by atomic mass is 9.80. The minimum Gasteiger partial charge on any atom is -0.497 e. The summed E-state index contributed by atoms with van der Waals surface area (Å²) in [6.07, 6.45) is 5.11. The molecule has 244 valence electrons. The maximum absolute atomic E-state index is 14.1. The van der Waals surface area contributed by atoms with Gasteiger partial charge in [-0.25, -0.2) is 12.8 Å². The highest BCUT2D eigenvalue weighted by Gasteiger charge is 2.39. The summed E-state index contributed by atoms with van der Waals surface area (Å²) in [5.41, 5.74) is 4.44. The first-order valence-corrected chi connectivity index (χ1v) is 17.9. The molecule has 1 saturated carbocycles. The number of sulfonamides is 1. The molecule has 0 bridgehead atoms. The lowest BCUT2D eigenvalue weighted by molar-refractivity contribution is -0.131. The second kappa shape index (κ2) is 15.4. The lowest BCUT2D eigenvalue weighted by Gasteiger charge is -2.38. The Morgan fingerprint density at radius 3 is 2.16 bits per heavy atom. The highest BCUT2D eigenvalue weighted by molar-refractivity contribution is 7.89. The zero-order valence-corrected chi connectivity index (χ0v) is 28.6. The molecule has 2 aromatic carbocycles. The van der Waals surface area contributed by atoms with Crippen molar-refractivity contribution in [2.75, 3.05) is 33.0 Å². The van der Waals surface area contributed by atoms with Gasteiger partial charge in [-0.2, -0.15) is 0 Å². The van der Waals surface area contributed by atoms with E-state index in [1.165, 1.54) is 24.1 Å². The van der Waals surface area contributed by atoms with E-state index in [0.717, 1.165) is 72.0 Å². The number of nitrogens with zero attached hydrogens (tertiary/aromatic N) is 1. The van der Waals surface area contributed by atoms with Crippen molar-refractivity contribution in [1.82, 2.24) is 9.62 Å². The number of carbonyl (C=O) groups is 1. The number of rotatable bonds is 7. The number of methoxy groups -OCH3 is 1. The number of nitrogens with one attached hydrogen (secondary N) is 1. The fourth-order valence-electron chi connectivity index (χ4n) is 5.87. The zero-order chi connectivity index (χ0) is 32.7. The highest BCUT2D eigenvalue weighted by atomic mass is 32.2. The number of hydrogen-bond donors (Lipinski definition) is 1. The predicted molar refractivity (Wildman–Crippen MR) is 176 cm³/mol. The van der Waals surface area contributed by atoms with Crippen molar-refractivity contribution in [1.29, 1.82) is 0 Å². The van der Waals surface area contributed by atoms with Gasteiger partial charge in [0.1, 0.15) is 23.9 Å². The number of benzene rings is 2. The second-order valence-electron chi connectivity index (χ2n) is 12.1. The number of hydrogen-bond acceptors (Lipinski definition) is 6. The smallest absolute Gasteiger partial charge is 0.240 e. The van der Waals surface area contributed by atoms with Crippen LogP contribution < -0.4 is 14.2 Å². The fraction of sp³-hybridized carbons (Fsp3) is 0.571. The van der Waals surface area contributed by atoms with Crippen molar-refractivity contribution in [3.63, 3.8) is 0 Å². The molecular formula is C35H51FN2O5S. The molecule has 2 atom stereocenters. The van der Waals surface area contributed by atoms with Crippen LogP contribution in [0.2, 0.25) is 0 Å². The molecule has 0 spiro atoms. The molecule has 0 aromatic heterocycles. The zero-order valence-electron chi connectivity index (χ0n) is 27.8. The van der Waals surface area contributed by atoms with Gasteiger partial charge in [0.05, 0.1) is 18.8 Å². The average molecular weight is 631 g/mol. The van der Waals surface area contributed by atoms with E-state index in [9.17, 15) is 17.6 Å². The van der Waals surface area contributed by atoms with Crippen LogP contribution >= 0.6 is 0 Å². The van der Waals surface area contributed by atoms with Crippen LogP contribution in [0.3, 0.4) is 0 Å².